The highest BCUT2D eigenvalue weighted by molar-refractivity contribution is 5.85. The van der Waals surface area contributed by atoms with Gasteiger partial charge in [-0.15, -0.1) is 12.4 Å². The number of nitrogens with zero attached hydrogens (tertiary/aromatic N) is 3. The zero-order chi connectivity index (χ0) is 17.1. The molecule has 136 valence electrons. The molecule has 4 rings (SSSR count). The molecule has 1 N–H and O–H groups in total. The molecule has 0 spiro atoms. The first kappa shape index (κ1) is 18.5. The minimum Gasteiger partial charge on any atom is -0.367 e. The first-order valence-electron chi connectivity index (χ1n) is 8.44. The molecule has 1 aliphatic rings. The van der Waals surface area contributed by atoms with E-state index in [4.69, 9.17) is 9.26 Å². The number of benzene rings is 1. The fourth-order valence-corrected chi connectivity index (χ4v) is 3.11. The molecular weight excluding hydrogens is 352 g/mol. The Labute approximate surface area is 158 Å². The zero-order valence-electron chi connectivity index (χ0n) is 14.6. The number of rotatable bonds is 5. The van der Waals surface area contributed by atoms with E-state index < -0.39 is 0 Å². The monoisotopic (exact) mass is 372 g/mol. The van der Waals surface area contributed by atoms with Gasteiger partial charge in [-0.1, -0.05) is 35.5 Å². The number of hydrogen-bond acceptors (Lipinski definition) is 6. The smallest absolute Gasteiger partial charge is 0.252 e. The van der Waals surface area contributed by atoms with E-state index in [9.17, 15) is 0 Å². The van der Waals surface area contributed by atoms with Crippen LogP contribution >= 0.6 is 12.4 Å². The number of pyridine rings is 1. The van der Waals surface area contributed by atoms with Crippen LogP contribution in [0.5, 0.6) is 0 Å². The van der Waals surface area contributed by atoms with E-state index >= 15 is 0 Å². The molecule has 6 nitrogen and oxygen atoms in total. The molecule has 0 aliphatic carbocycles. The maximum atomic E-state index is 5.68. The number of aryl methyl sites for hydroxylation is 1. The third-order valence-corrected chi connectivity index (χ3v) is 4.36. The van der Waals surface area contributed by atoms with Gasteiger partial charge >= 0.3 is 0 Å². The molecule has 1 aromatic carbocycles. The minimum atomic E-state index is 0. The van der Waals surface area contributed by atoms with Gasteiger partial charge in [-0.25, -0.2) is 0 Å². The summed E-state index contributed by atoms with van der Waals surface area (Å²) < 4.78 is 11.0. The van der Waals surface area contributed by atoms with Crippen LogP contribution in [0.3, 0.4) is 0 Å². The van der Waals surface area contributed by atoms with Crippen molar-refractivity contribution in [3.05, 3.63) is 64.8 Å². The van der Waals surface area contributed by atoms with Crippen molar-refractivity contribution in [3.8, 4) is 11.4 Å². The number of nitrogens with one attached hydrogen (secondary N) is 1. The summed E-state index contributed by atoms with van der Waals surface area (Å²) in [7, 11) is 0. The van der Waals surface area contributed by atoms with Gasteiger partial charge in [-0.2, -0.15) is 4.98 Å². The van der Waals surface area contributed by atoms with Crippen LogP contribution in [0, 0.1) is 6.92 Å². The standard InChI is InChI=1S/C19H20N4O2.ClH/c1-13-18(16-7-8-20-9-15(16)10-21-13)19-22-17(25-23-19)12-24-11-14-5-3-2-4-6-14;/h2-6,10,20H,7-9,11-12H2,1H3;1H. The average molecular weight is 373 g/mol. The number of aromatic nitrogens is 3. The Morgan fingerprint density at radius 3 is 2.88 bits per heavy atom. The van der Waals surface area contributed by atoms with Crippen LogP contribution < -0.4 is 5.32 Å². The number of ether oxygens (including phenoxy) is 1. The molecule has 3 heterocycles. The molecular formula is C19H21ClN4O2. The Bertz CT molecular complexity index is 867. The van der Waals surface area contributed by atoms with E-state index in [1.807, 2.05) is 43.5 Å². The summed E-state index contributed by atoms with van der Waals surface area (Å²) in [4.78, 5) is 9.00. The average Bonchev–Trinajstić information content (AvgIpc) is 3.11. The quantitative estimate of drug-likeness (QED) is 0.741. The largest absolute Gasteiger partial charge is 0.367 e. The molecule has 1 aliphatic heterocycles. The van der Waals surface area contributed by atoms with E-state index in [1.54, 1.807) is 0 Å². The normalized spacial score (nSPS) is 13.1. The number of hydrogen-bond donors (Lipinski definition) is 1. The molecule has 3 aromatic rings. The van der Waals surface area contributed by atoms with Crippen molar-refractivity contribution < 1.29 is 9.26 Å². The highest BCUT2D eigenvalue weighted by Crippen LogP contribution is 2.28. The molecule has 0 saturated heterocycles. The fraction of sp³-hybridized carbons (Fsp3) is 0.316. The lowest BCUT2D eigenvalue weighted by Crippen LogP contribution is -2.24. The van der Waals surface area contributed by atoms with Crippen LogP contribution in [-0.2, 0) is 30.9 Å². The first-order valence-corrected chi connectivity index (χ1v) is 8.44. The van der Waals surface area contributed by atoms with Crippen molar-refractivity contribution in [3.63, 3.8) is 0 Å². The molecule has 0 bridgehead atoms. The predicted molar refractivity (Wildman–Crippen MR) is 99.9 cm³/mol. The molecule has 0 amide bonds. The van der Waals surface area contributed by atoms with Gasteiger partial charge in [-0.05, 0) is 36.6 Å². The van der Waals surface area contributed by atoms with Gasteiger partial charge in [0, 0.05) is 24.0 Å². The topological polar surface area (TPSA) is 73.1 Å². The third-order valence-electron chi connectivity index (χ3n) is 4.36. The third kappa shape index (κ3) is 3.93. The van der Waals surface area contributed by atoms with Crippen LogP contribution in [0.4, 0.5) is 0 Å². The maximum absolute atomic E-state index is 5.68. The number of halogens is 1. The summed E-state index contributed by atoms with van der Waals surface area (Å²) in [5.74, 6) is 1.08. The van der Waals surface area contributed by atoms with Gasteiger partial charge in [0.1, 0.15) is 6.61 Å². The van der Waals surface area contributed by atoms with Gasteiger partial charge in [0.15, 0.2) is 0 Å². The van der Waals surface area contributed by atoms with Crippen molar-refractivity contribution in [1.29, 1.82) is 0 Å². The maximum Gasteiger partial charge on any atom is 0.252 e. The molecule has 0 atom stereocenters. The van der Waals surface area contributed by atoms with Gasteiger partial charge in [-0.3, -0.25) is 4.98 Å². The fourth-order valence-electron chi connectivity index (χ4n) is 3.11. The van der Waals surface area contributed by atoms with Crippen molar-refractivity contribution in [2.24, 2.45) is 0 Å². The minimum absolute atomic E-state index is 0. The van der Waals surface area contributed by atoms with E-state index in [2.05, 4.69) is 20.4 Å². The summed E-state index contributed by atoms with van der Waals surface area (Å²) >= 11 is 0. The molecule has 0 unspecified atom stereocenters. The summed E-state index contributed by atoms with van der Waals surface area (Å²) in [6.45, 7) is 4.59. The molecule has 26 heavy (non-hydrogen) atoms. The van der Waals surface area contributed by atoms with Crippen molar-refractivity contribution in [2.75, 3.05) is 6.54 Å². The predicted octanol–water partition coefficient (Wildman–Crippen LogP) is 3.22. The highest BCUT2D eigenvalue weighted by atomic mass is 35.5. The lowest BCUT2D eigenvalue weighted by Gasteiger charge is -2.19. The molecule has 2 aromatic heterocycles. The highest BCUT2D eigenvalue weighted by Gasteiger charge is 2.20. The van der Waals surface area contributed by atoms with Crippen LogP contribution in [0.25, 0.3) is 11.4 Å². The van der Waals surface area contributed by atoms with Crippen LogP contribution in [0.1, 0.15) is 28.3 Å². The van der Waals surface area contributed by atoms with E-state index in [1.165, 1.54) is 11.1 Å². The van der Waals surface area contributed by atoms with Crippen LogP contribution in [0.2, 0.25) is 0 Å². The van der Waals surface area contributed by atoms with Gasteiger partial charge in [0.05, 0.1) is 6.61 Å². The summed E-state index contributed by atoms with van der Waals surface area (Å²) in [5.41, 5.74) is 5.52. The van der Waals surface area contributed by atoms with E-state index in [0.29, 0.717) is 24.9 Å². The van der Waals surface area contributed by atoms with Crippen molar-refractivity contribution >= 4 is 12.4 Å². The Hall–Kier alpha value is -2.28. The summed E-state index contributed by atoms with van der Waals surface area (Å²) in [5, 5.41) is 7.52. The molecule has 0 fully saturated rings. The lowest BCUT2D eigenvalue weighted by molar-refractivity contribution is 0.0850. The second-order valence-corrected chi connectivity index (χ2v) is 6.14. The van der Waals surface area contributed by atoms with E-state index in [0.717, 1.165) is 36.3 Å². The first-order chi connectivity index (χ1) is 12.3. The van der Waals surface area contributed by atoms with Crippen LogP contribution in [0.15, 0.2) is 41.1 Å². The molecule has 0 radical (unpaired) electrons. The van der Waals surface area contributed by atoms with Gasteiger partial charge < -0.3 is 14.6 Å². The van der Waals surface area contributed by atoms with Crippen LogP contribution in [-0.4, -0.2) is 21.7 Å². The van der Waals surface area contributed by atoms with Crippen molar-refractivity contribution in [2.45, 2.75) is 33.1 Å². The second-order valence-electron chi connectivity index (χ2n) is 6.14. The number of fused-ring (bicyclic) bond motifs is 1. The van der Waals surface area contributed by atoms with Gasteiger partial charge in [0.25, 0.3) is 5.89 Å². The molecule has 0 saturated carbocycles. The Kier molecular flexibility index (Phi) is 5.98. The summed E-state index contributed by atoms with van der Waals surface area (Å²) in [6, 6.07) is 10.0. The van der Waals surface area contributed by atoms with Gasteiger partial charge in [0.2, 0.25) is 5.82 Å². The SMILES string of the molecule is Cc1ncc2c(c1-c1noc(COCc3ccccc3)n1)CCNC2.Cl. The Morgan fingerprint density at radius 2 is 2.04 bits per heavy atom. The molecule has 7 heteroatoms. The lowest BCUT2D eigenvalue weighted by atomic mass is 9.95. The second kappa shape index (κ2) is 8.40. The zero-order valence-corrected chi connectivity index (χ0v) is 15.4. The Balaban J connectivity index is 0.00000196. The van der Waals surface area contributed by atoms with E-state index in [-0.39, 0.29) is 12.4 Å². The van der Waals surface area contributed by atoms with Crippen molar-refractivity contribution in [1.82, 2.24) is 20.4 Å². The Morgan fingerprint density at radius 1 is 1.19 bits per heavy atom. The summed E-state index contributed by atoms with van der Waals surface area (Å²) in [6.07, 6.45) is 2.88.